The van der Waals surface area contributed by atoms with Crippen LogP contribution in [0.2, 0.25) is 0 Å². The number of nitrogens with zero attached hydrogens (tertiary/aromatic N) is 2. The van der Waals surface area contributed by atoms with Crippen molar-refractivity contribution in [2.75, 3.05) is 32.7 Å². The number of fused-ring (bicyclic) bond motifs is 1. The number of anilines is 1. The van der Waals surface area contributed by atoms with Gasteiger partial charge in [0, 0.05) is 43.7 Å². The van der Waals surface area contributed by atoms with E-state index in [1.807, 2.05) is 49.8 Å². The molecule has 0 atom stereocenters. The predicted molar refractivity (Wildman–Crippen MR) is 102 cm³/mol. The van der Waals surface area contributed by atoms with Gasteiger partial charge >= 0.3 is 0 Å². The number of ether oxygens (including phenoxy) is 2. The molecule has 0 amide bonds. The highest BCUT2D eigenvalue weighted by Crippen LogP contribution is 2.24. The maximum atomic E-state index is 5.57. The van der Waals surface area contributed by atoms with Crippen molar-refractivity contribution in [1.29, 1.82) is 0 Å². The van der Waals surface area contributed by atoms with Crippen LogP contribution in [-0.2, 0) is 4.74 Å². The van der Waals surface area contributed by atoms with E-state index in [9.17, 15) is 0 Å². The molecule has 0 aliphatic rings. The quantitative estimate of drug-likeness (QED) is 0.664. The van der Waals surface area contributed by atoms with E-state index in [1.165, 1.54) is 0 Å². The molecule has 0 radical (unpaired) electrons. The molecular weight excluding hydrogens is 314 g/mol. The second-order valence-corrected chi connectivity index (χ2v) is 5.48. The monoisotopic (exact) mass is 335 g/mol. The van der Waals surface area contributed by atoms with Crippen LogP contribution in [0.3, 0.4) is 0 Å². The lowest BCUT2D eigenvalue weighted by Crippen LogP contribution is -2.03. The van der Waals surface area contributed by atoms with Gasteiger partial charge in [-0.25, -0.2) is 4.98 Å². The minimum atomic E-state index is 0.551. The standard InChI is InChI=1S/C20H21N3O2/c1-21-20-19-14-22-10-9-18(19)16(13-23-20)6-3-15-4-7-17(8-5-15)25-12-11-24-2/h3-10,13-14H,11-12H2,1-2H3,(H,21,23). The largest absolute Gasteiger partial charge is 0.491 e. The van der Waals surface area contributed by atoms with Crippen LogP contribution in [0.4, 0.5) is 5.82 Å². The fraction of sp³-hybridized carbons (Fsp3) is 0.200. The summed E-state index contributed by atoms with van der Waals surface area (Å²) in [6.07, 6.45) is 9.63. The molecule has 0 aliphatic carbocycles. The van der Waals surface area contributed by atoms with Crippen molar-refractivity contribution in [3.63, 3.8) is 0 Å². The Morgan fingerprint density at radius 3 is 2.60 bits per heavy atom. The fourth-order valence-electron chi connectivity index (χ4n) is 2.54. The molecule has 3 rings (SSSR count). The number of benzene rings is 1. The van der Waals surface area contributed by atoms with Crippen molar-refractivity contribution in [3.8, 4) is 5.75 Å². The Balaban J connectivity index is 1.79. The Labute approximate surface area is 147 Å². The lowest BCUT2D eigenvalue weighted by Gasteiger charge is -2.07. The van der Waals surface area contributed by atoms with Gasteiger partial charge in [0.05, 0.1) is 6.61 Å². The third-order valence-electron chi connectivity index (χ3n) is 3.85. The topological polar surface area (TPSA) is 56.3 Å². The Morgan fingerprint density at radius 2 is 1.84 bits per heavy atom. The normalized spacial score (nSPS) is 11.1. The molecule has 0 spiro atoms. The van der Waals surface area contributed by atoms with Crippen LogP contribution in [0, 0.1) is 0 Å². The van der Waals surface area contributed by atoms with Crippen molar-refractivity contribution in [2.45, 2.75) is 0 Å². The third kappa shape index (κ3) is 4.14. The lowest BCUT2D eigenvalue weighted by atomic mass is 10.1. The first kappa shape index (κ1) is 16.9. The summed E-state index contributed by atoms with van der Waals surface area (Å²) >= 11 is 0. The molecule has 0 bridgehead atoms. The molecule has 0 saturated carbocycles. The van der Waals surface area contributed by atoms with Crippen LogP contribution in [0.1, 0.15) is 11.1 Å². The molecule has 0 unspecified atom stereocenters. The zero-order chi connectivity index (χ0) is 17.5. The molecule has 5 heteroatoms. The van der Waals surface area contributed by atoms with Crippen LogP contribution in [0.25, 0.3) is 22.9 Å². The van der Waals surface area contributed by atoms with Gasteiger partial charge in [-0.15, -0.1) is 0 Å². The van der Waals surface area contributed by atoms with Crippen LogP contribution < -0.4 is 10.1 Å². The van der Waals surface area contributed by atoms with E-state index < -0.39 is 0 Å². The summed E-state index contributed by atoms with van der Waals surface area (Å²) in [6, 6.07) is 9.97. The molecule has 0 saturated heterocycles. The van der Waals surface area contributed by atoms with Gasteiger partial charge in [0.1, 0.15) is 18.2 Å². The van der Waals surface area contributed by atoms with Crippen molar-refractivity contribution >= 4 is 28.7 Å². The minimum absolute atomic E-state index is 0.551. The summed E-state index contributed by atoms with van der Waals surface area (Å²) in [5.41, 5.74) is 2.15. The van der Waals surface area contributed by atoms with Gasteiger partial charge in [-0.05, 0) is 29.1 Å². The summed E-state index contributed by atoms with van der Waals surface area (Å²) in [6.45, 7) is 1.13. The van der Waals surface area contributed by atoms with Crippen LogP contribution in [-0.4, -0.2) is 37.3 Å². The first-order valence-electron chi connectivity index (χ1n) is 8.12. The van der Waals surface area contributed by atoms with Gasteiger partial charge in [0.15, 0.2) is 0 Å². The zero-order valence-electron chi connectivity index (χ0n) is 14.4. The van der Waals surface area contributed by atoms with Gasteiger partial charge in [-0.1, -0.05) is 24.3 Å². The average molecular weight is 335 g/mol. The highest BCUT2D eigenvalue weighted by Gasteiger charge is 2.04. The van der Waals surface area contributed by atoms with E-state index in [4.69, 9.17) is 9.47 Å². The maximum Gasteiger partial charge on any atom is 0.135 e. The Hall–Kier alpha value is -2.92. The molecule has 0 fully saturated rings. The molecule has 1 N–H and O–H groups in total. The molecular formula is C20H21N3O2. The Morgan fingerprint density at radius 1 is 1.00 bits per heavy atom. The number of rotatable bonds is 7. The third-order valence-corrected chi connectivity index (χ3v) is 3.85. The summed E-state index contributed by atoms with van der Waals surface area (Å²) < 4.78 is 10.5. The van der Waals surface area contributed by atoms with E-state index in [1.54, 1.807) is 13.3 Å². The van der Waals surface area contributed by atoms with E-state index in [0.29, 0.717) is 13.2 Å². The van der Waals surface area contributed by atoms with Crippen LogP contribution >= 0.6 is 0 Å². The number of hydrogen-bond donors (Lipinski definition) is 1. The van der Waals surface area contributed by atoms with Gasteiger partial charge in [0.25, 0.3) is 0 Å². The number of hydrogen-bond acceptors (Lipinski definition) is 5. The first-order valence-corrected chi connectivity index (χ1v) is 8.12. The van der Waals surface area contributed by atoms with Crippen molar-refractivity contribution in [3.05, 3.63) is 60.0 Å². The van der Waals surface area contributed by atoms with Gasteiger partial charge < -0.3 is 14.8 Å². The van der Waals surface area contributed by atoms with Crippen LogP contribution in [0.5, 0.6) is 5.75 Å². The summed E-state index contributed by atoms with van der Waals surface area (Å²) in [5, 5.41) is 5.22. The number of methoxy groups -OCH3 is 1. The van der Waals surface area contributed by atoms with Gasteiger partial charge in [-0.3, -0.25) is 4.98 Å². The van der Waals surface area contributed by atoms with Crippen molar-refractivity contribution < 1.29 is 9.47 Å². The number of pyridine rings is 2. The second kappa shape index (κ2) is 8.26. The van der Waals surface area contributed by atoms with Gasteiger partial charge in [-0.2, -0.15) is 0 Å². The minimum Gasteiger partial charge on any atom is -0.491 e. The van der Waals surface area contributed by atoms with Crippen molar-refractivity contribution in [1.82, 2.24) is 9.97 Å². The number of aromatic nitrogens is 2. The second-order valence-electron chi connectivity index (χ2n) is 5.48. The SMILES string of the molecule is CNc1ncc(C=Cc2ccc(OCCOC)cc2)c2ccncc12. The highest BCUT2D eigenvalue weighted by molar-refractivity contribution is 5.97. The zero-order valence-corrected chi connectivity index (χ0v) is 14.4. The fourth-order valence-corrected chi connectivity index (χ4v) is 2.54. The Kier molecular flexibility index (Phi) is 5.59. The maximum absolute atomic E-state index is 5.57. The Bertz CT molecular complexity index is 860. The van der Waals surface area contributed by atoms with Gasteiger partial charge in [0.2, 0.25) is 0 Å². The summed E-state index contributed by atoms with van der Waals surface area (Å²) in [7, 11) is 3.52. The molecule has 2 aromatic heterocycles. The van der Waals surface area contributed by atoms with E-state index in [2.05, 4.69) is 27.4 Å². The lowest BCUT2D eigenvalue weighted by molar-refractivity contribution is 0.146. The molecule has 2 heterocycles. The molecule has 0 aliphatic heterocycles. The average Bonchev–Trinajstić information content (AvgIpc) is 2.67. The smallest absolute Gasteiger partial charge is 0.135 e. The van der Waals surface area contributed by atoms with E-state index in [0.717, 1.165) is 33.5 Å². The molecule has 25 heavy (non-hydrogen) atoms. The highest BCUT2D eigenvalue weighted by atomic mass is 16.5. The molecule has 128 valence electrons. The van der Waals surface area contributed by atoms with Crippen LogP contribution in [0.15, 0.2) is 48.9 Å². The van der Waals surface area contributed by atoms with E-state index in [-0.39, 0.29) is 0 Å². The predicted octanol–water partition coefficient (Wildman–Crippen LogP) is 3.87. The number of nitrogens with one attached hydrogen (secondary N) is 1. The first-order chi connectivity index (χ1) is 12.3. The summed E-state index contributed by atoms with van der Waals surface area (Å²) in [5.74, 6) is 1.67. The molecule has 3 aromatic rings. The summed E-state index contributed by atoms with van der Waals surface area (Å²) in [4.78, 5) is 8.65. The molecule has 5 nitrogen and oxygen atoms in total. The van der Waals surface area contributed by atoms with E-state index >= 15 is 0 Å². The van der Waals surface area contributed by atoms with Crippen molar-refractivity contribution in [2.24, 2.45) is 0 Å². The molecule has 1 aromatic carbocycles.